The number of furan rings is 1. The van der Waals surface area contributed by atoms with Gasteiger partial charge < -0.3 is 9.73 Å². The summed E-state index contributed by atoms with van der Waals surface area (Å²) in [7, 11) is 0.346. The van der Waals surface area contributed by atoms with Crippen molar-refractivity contribution in [3.8, 4) is 0 Å². The van der Waals surface area contributed by atoms with Crippen LogP contribution in [0.5, 0.6) is 0 Å². The largest absolute Gasteiger partial charge is 0.468 e. The maximum absolute atomic E-state index is 12.6. The van der Waals surface area contributed by atoms with Gasteiger partial charge in [0.1, 0.15) is 10.5 Å². The number of rotatable bonds is 6. The van der Waals surface area contributed by atoms with Gasteiger partial charge in [-0.3, -0.25) is 9.69 Å². The maximum atomic E-state index is 12.6. The van der Waals surface area contributed by atoms with Crippen LogP contribution in [-0.4, -0.2) is 50.9 Å². The van der Waals surface area contributed by atoms with Crippen molar-refractivity contribution < 1.29 is 17.6 Å². The number of nitrogens with zero attached hydrogens (tertiary/aromatic N) is 1. The van der Waals surface area contributed by atoms with E-state index in [9.17, 15) is 13.2 Å². The van der Waals surface area contributed by atoms with Gasteiger partial charge in [0.2, 0.25) is 5.91 Å². The summed E-state index contributed by atoms with van der Waals surface area (Å²) < 4.78 is 28.4. The Morgan fingerprint density at radius 2 is 2.05 bits per heavy atom. The molecule has 1 N–H and O–H groups in total. The maximum Gasteiger partial charge on any atom is 0.241 e. The second-order valence-corrected chi connectivity index (χ2v) is 8.50. The third-order valence-corrected chi connectivity index (χ3v) is 6.50. The van der Waals surface area contributed by atoms with E-state index in [4.69, 9.17) is 4.42 Å². The lowest BCUT2D eigenvalue weighted by Crippen LogP contribution is -2.51. The molecular weight excluding hydrogens is 304 g/mol. The molecule has 0 unspecified atom stereocenters. The molecule has 1 amide bonds. The molecule has 0 aromatic carbocycles. The van der Waals surface area contributed by atoms with Gasteiger partial charge in [0.05, 0.1) is 12.3 Å². The standard InChI is InChI=1S/C15H24N2O4S/c1-17(2)12(13-7-6-10-21-13)11-16-14(18)15(22(3,19)20)8-4-5-9-15/h6-7,10,12H,4-5,8-9,11H2,1-3H3,(H,16,18)/t12-/m1/s1. The van der Waals surface area contributed by atoms with Crippen molar-refractivity contribution in [2.24, 2.45) is 0 Å². The molecule has 0 bridgehead atoms. The highest BCUT2D eigenvalue weighted by Gasteiger charge is 2.49. The molecule has 7 heteroatoms. The Hall–Kier alpha value is -1.34. The average molecular weight is 328 g/mol. The zero-order valence-electron chi connectivity index (χ0n) is 13.3. The Kier molecular flexibility index (Phi) is 4.97. The molecule has 1 aliphatic carbocycles. The molecule has 0 saturated heterocycles. The zero-order valence-corrected chi connectivity index (χ0v) is 14.1. The first kappa shape index (κ1) is 17.0. The molecule has 1 atom stereocenters. The highest BCUT2D eigenvalue weighted by atomic mass is 32.2. The fourth-order valence-corrected chi connectivity index (χ4v) is 4.52. The normalized spacial score (nSPS) is 19.3. The average Bonchev–Trinajstić information content (AvgIpc) is 3.09. The number of hydrogen-bond donors (Lipinski definition) is 1. The van der Waals surface area contributed by atoms with Crippen LogP contribution >= 0.6 is 0 Å². The smallest absolute Gasteiger partial charge is 0.241 e. The number of sulfone groups is 1. The molecule has 1 aromatic rings. The topological polar surface area (TPSA) is 79.6 Å². The first-order valence-electron chi connectivity index (χ1n) is 7.46. The van der Waals surface area contributed by atoms with E-state index in [-0.39, 0.29) is 11.9 Å². The Morgan fingerprint density at radius 1 is 1.41 bits per heavy atom. The lowest BCUT2D eigenvalue weighted by Gasteiger charge is -2.28. The van der Waals surface area contributed by atoms with Crippen LogP contribution < -0.4 is 5.32 Å². The highest BCUT2D eigenvalue weighted by molar-refractivity contribution is 7.92. The van der Waals surface area contributed by atoms with E-state index in [1.54, 1.807) is 12.3 Å². The minimum absolute atomic E-state index is 0.128. The van der Waals surface area contributed by atoms with Crippen molar-refractivity contribution in [3.63, 3.8) is 0 Å². The minimum atomic E-state index is -3.43. The van der Waals surface area contributed by atoms with E-state index in [0.29, 0.717) is 19.4 Å². The number of hydrogen-bond acceptors (Lipinski definition) is 5. The first-order valence-corrected chi connectivity index (χ1v) is 9.35. The van der Waals surface area contributed by atoms with Crippen LogP contribution in [0, 0.1) is 0 Å². The molecule has 22 heavy (non-hydrogen) atoms. The van der Waals surface area contributed by atoms with Crippen LogP contribution in [0.3, 0.4) is 0 Å². The summed E-state index contributed by atoms with van der Waals surface area (Å²) in [6, 6.07) is 3.51. The summed E-state index contributed by atoms with van der Waals surface area (Å²) >= 11 is 0. The first-order chi connectivity index (χ1) is 10.3. The third kappa shape index (κ3) is 3.20. The highest BCUT2D eigenvalue weighted by Crippen LogP contribution is 2.36. The van der Waals surface area contributed by atoms with Crippen LogP contribution in [0.4, 0.5) is 0 Å². The summed E-state index contributed by atoms with van der Waals surface area (Å²) in [5, 5.41) is 2.82. The molecule has 1 saturated carbocycles. The van der Waals surface area contributed by atoms with Gasteiger partial charge in [-0.1, -0.05) is 12.8 Å². The summed E-state index contributed by atoms with van der Waals surface area (Å²) in [5.41, 5.74) is 0. The van der Waals surface area contributed by atoms with E-state index in [0.717, 1.165) is 24.9 Å². The second-order valence-electron chi connectivity index (χ2n) is 6.18. The molecule has 0 spiro atoms. The van der Waals surface area contributed by atoms with E-state index in [1.165, 1.54) is 0 Å². The van der Waals surface area contributed by atoms with Crippen molar-refractivity contribution in [1.82, 2.24) is 10.2 Å². The predicted octanol–water partition coefficient (Wildman–Crippen LogP) is 1.36. The van der Waals surface area contributed by atoms with Crippen LogP contribution in [0.25, 0.3) is 0 Å². The zero-order chi connectivity index (χ0) is 16.4. The van der Waals surface area contributed by atoms with Gasteiger partial charge in [-0.15, -0.1) is 0 Å². The summed E-state index contributed by atoms with van der Waals surface area (Å²) in [6.45, 7) is 0.316. The fraction of sp³-hybridized carbons (Fsp3) is 0.667. The number of carbonyl (C=O) groups is 1. The van der Waals surface area contributed by atoms with Crippen molar-refractivity contribution in [2.75, 3.05) is 26.9 Å². The SMILES string of the molecule is CN(C)[C@H](CNC(=O)C1(S(C)(=O)=O)CCCC1)c1ccco1. The van der Waals surface area contributed by atoms with E-state index >= 15 is 0 Å². The van der Waals surface area contributed by atoms with Gasteiger partial charge >= 0.3 is 0 Å². The number of amides is 1. The van der Waals surface area contributed by atoms with Crippen LogP contribution in [0.2, 0.25) is 0 Å². The monoisotopic (exact) mass is 328 g/mol. The third-order valence-electron chi connectivity index (χ3n) is 4.49. The van der Waals surface area contributed by atoms with Gasteiger partial charge in [0.15, 0.2) is 9.84 Å². The number of carbonyl (C=O) groups excluding carboxylic acids is 1. The molecule has 124 valence electrons. The number of likely N-dealkylation sites (N-methyl/N-ethyl adjacent to an activating group) is 1. The van der Waals surface area contributed by atoms with Gasteiger partial charge in [0, 0.05) is 12.8 Å². The second kappa shape index (κ2) is 6.42. The van der Waals surface area contributed by atoms with Crippen molar-refractivity contribution >= 4 is 15.7 Å². The molecule has 1 aromatic heterocycles. The Bertz CT molecular complexity index is 601. The molecule has 0 radical (unpaired) electrons. The summed E-state index contributed by atoms with van der Waals surface area (Å²) in [4.78, 5) is 14.5. The number of nitrogens with one attached hydrogen (secondary N) is 1. The van der Waals surface area contributed by atoms with Crippen LogP contribution in [0.15, 0.2) is 22.8 Å². The molecule has 1 aliphatic rings. The molecule has 2 rings (SSSR count). The van der Waals surface area contributed by atoms with E-state index in [1.807, 2.05) is 25.1 Å². The minimum Gasteiger partial charge on any atom is -0.468 e. The molecule has 1 fully saturated rings. The lowest BCUT2D eigenvalue weighted by atomic mass is 10.1. The molecule has 1 heterocycles. The van der Waals surface area contributed by atoms with Crippen molar-refractivity contribution in [3.05, 3.63) is 24.2 Å². The molecular formula is C15H24N2O4S. The summed E-state index contributed by atoms with van der Waals surface area (Å²) in [5.74, 6) is 0.357. The lowest BCUT2D eigenvalue weighted by molar-refractivity contribution is -0.123. The Balaban J connectivity index is 2.11. The Labute approximate surface area is 131 Å². The van der Waals surface area contributed by atoms with Crippen molar-refractivity contribution in [2.45, 2.75) is 36.5 Å². The van der Waals surface area contributed by atoms with Gasteiger partial charge in [-0.05, 0) is 39.1 Å². The molecule has 0 aliphatic heterocycles. The fourth-order valence-electron chi connectivity index (χ4n) is 3.08. The van der Waals surface area contributed by atoms with Gasteiger partial charge in [-0.25, -0.2) is 8.42 Å². The van der Waals surface area contributed by atoms with Gasteiger partial charge in [-0.2, -0.15) is 0 Å². The van der Waals surface area contributed by atoms with Crippen LogP contribution in [-0.2, 0) is 14.6 Å². The van der Waals surface area contributed by atoms with Gasteiger partial charge in [0.25, 0.3) is 0 Å². The van der Waals surface area contributed by atoms with E-state index in [2.05, 4.69) is 5.32 Å². The van der Waals surface area contributed by atoms with Crippen molar-refractivity contribution in [1.29, 1.82) is 0 Å². The van der Waals surface area contributed by atoms with E-state index < -0.39 is 14.6 Å². The quantitative estimate of drug-likeness (QED) is 0.853. The molecule has 6 nitrogen and oxygen atoms in total. The van der Waals surface area contributed by atoms with Crippen LogP contribution in [0.1, 0.15) is 37.5 Å². The Morgan fingerprint density at radius 3 is 2.50 bits per heavy atom. The summed E-state index contributed by atoms with van der Waals surface area (Å²) in [6.07, 6.45) is 5.11. The predicted molar refractivity (Wildman–Crippen MR) is 84.2 cm³/mol.